The summed E-state index contributed by atoms with van der Waals surface area (Å²) in [7, 11) is 0. The molecule has 2 aromatic rings. The standard InChI is InChI=1S/C13H17BrN4S/c1-9(2)6-15-4-3-12-17-18-13(19-12)10-5-11(14)8-16-7-10/h5,7-9,15H,3-4,6H2,1-2H3. The molecule has 0 aliphatic rings. The van der Waals surface area contributed by atoms with E-state index in [1.54, 1.807) is 17.5 Å². The molecule has 1 N–H and O–H groups in total. The maximum absolute atomic E-state index is 4.22. The van der Waals surface area contributed by atoms with E-state index in [0.717, 1.165) is 39.6 Å². The van der Waals surface area contributed by atoms with Crippen molar-refractivity contribution in [3.8, 4) is 10.6 Å². The first-order chi connectivity index (χ1) is 9.15. The average molecular weight is 341 g/mol. The summed E-state index contributed by atoms with van der Waals surface area (Å²) in [5.41, 5.74) is 1.01. The summed E-state index contributed by atoms with van der Waals surface area (Å²) in [6, 6.07) is 2.01. The number of nitrogens with zero attached hydrogens (tertiary/aromatic N) is 3. The fourth-order valence-electron chi connectivity index (χ4n) is 1.59. The van der Waals surface area contributed by atoms with Gasteiger partial charge in [0.15, 0.2) is 0 Å². The van der Waals surface area contributed by atoms with Gasteiger partial charge in [-0.3, -0.25) is 4.98 Å². The van der Waals surface area contributed by atoms with E-state index >= 15 is 0 Å². The quantitative estimate of drug-likeness (QED) is 0.820. The van der Waals surface area contributed by atoms with Crippen molar-refractivity contribution in [1.29, 1.82) is 0 Å². The van der Waals surface area contributed by atoms with Crippen molar-refractivity contribution in [2.75, 3.05) is 13.1 Å². The van der Waals surface area contributed by atoms with Crippen molar-refractivity contribution in [2.24, 2.45) is 5.92 Å². The molecule has 0 radical (unpaired) electrons. The molecule has 0 spiro atoms. The van der Waals surface area contributed by atoms with Gasteiger partial charge in [0.1, 0.15) is 10.0 Å². The largest absolute Gasteiger partial charge is 0.316 e. The molecule has 0 bridgehead atoms. The van der Waals surface area contributed by atoms with E-state index in [1.165, 1.54) is 0 Å². The van der Waals surface area contributed by atoms with Crippen LogP contribution in [0, 0.1) is 5.92 Å². The molecule has 4 nitrogen and oxygen atoms in total. The molecule has 2 heterocycles. The van der Waals surface area contributed by atoms with Gasteiger partial charge >= 0.3 is 0 Å². The molecular weight excluding hydrogens is 324 g/mol. The Balaban J connectivity index is 1.92. The van der Waals surface area contributed by atoms with Gasteiger partial charge in [0.05, 0.1) is 0 Å². The highest BCUT2D eigenvalue weighted by Gasteiger charge is 2.07. The number of nitrogens with one attached hydrogen (secondary N) is 1. The first kappa shape index (κ1) is 14.6. The summed E-state index contributed by atoms with van der Waals surface area (Å²) in [5.74, 6) is 0.678. The highest BCUT2D eigenvalue weighted by Crippen LogP contribution is 2.25. The normalized spacial score (nSPS) is 11.2. The van der Waals surface area contributed by atoms with E-state index < -0.39 is 0 Å². The van der Waals surface area contributed by atoms with Crippen LogP contribution in [0.3, 0.4) is 0 Å². The van der Waals surface area contributed by atoms with Crippen LogP contribution in [-0.4, -0.2) is 28.3 Å². The molecule has 102 valence electrons. The summed E-state index contributed by atoms with van der Waals surface area (Å²) < 4.78 is 0.959. The van der Waals surface area contributed by atoms with Crippen molar-refractivity contribution < 1.29 is 0 Å². The molecule has 0 fully saturated rings. The van der Waals surface area contributed by atoms with Gasteiger partial charge < -0.3 is 5.32 Å². The molecule has 0 aliphatic heterocycles. The van der Waals surface area contributed by atoms with E-state index in [1.807, 2.05) is 12.3 Å². The van der Waals surface area contributed by atoms with Crippen LogP contribution in [-0.2, 0) is 6.42 Å². The first-order valence-corrected chi connectivity index (χ1v) is 7.90. The van der Waals surface area contributed by atoms with Gasteiger partial charge in [-0.15, -0.1) is 10.2 Å². The summed E-state index contributed by atoms with van der Waals surface area (Å²) in [6.45, 7) is 6.40. The van der Waals surface area contributed by atoms with Gasteiger partial charge in [0.2, 0.25) is 0 Å². The second kappa shape index (κ2) is 7.07. The zero-order valence-corrected chi connectivity index (χ0v) is 13.5. The molecule has 0 amide bonds. The van der Waals surface area contributed by atoms with Crippen molar-refractivity contribution in [1.82, 2.24) is 20.5 Å². The predicted molar refractivity (Wildman–Crippen MR) is 82.3 cm³/mol. The minimum absolute atomic E-state index is 0.678. The Labute approximate surface area is 125 Å². The van der Waals surface area contributed by atoms with Crippen molar-refractivity contribution in [2.45, 2.75) is 20.3 Å². The van der Waals surface area contributed by atoms with Crippen LogP contribution in [0.15, 0.2) is 22.9 Å². The fourth-order valence-corrected chi connectivity index (χ4v) is 2.77. The lowest BCUT2D eigenvalue weighted by Crippen LogP contribution is -2.22. The Kier molecular flexibility index (Phi) is 5.42. The van der Waals surface area contributed by atoms with E-state index in [-0.39, 0.29) is 0 Å². The van der Waals surface area contributed by atoms with Crippen LogP contribution >= 0.6 is 27.3 Å². The predicted octanol–water partition coefficient (Wildman–Crippen LogP) is 3.15. The maximum atomic E-state index is 4.22. The molecule has 0 aliphatic carbocycles. The molecule has 0 atom stereocenters. The Bertz CT molecular complexity index is 527. The second-order valence-electron chi connectivity index (χ2n) is 4.74. The highest BCUT2D eigenvalue weighted by atomic mass is 79.9. The second-order valence-corrected chi connectivity index (χ2v) is 6.72. The van der Waals surface area contributed by atoms with E-state index in [0.29, 0.717) is 5.92 Å². The van der Waals surface area contributed by atoms with Gasteiger partial charge in [-0.1, -0.05) is 25.2 Å². The van der Waals surface area contributed by atoms with Crippen LogP contribution in [0.2, 0.25) is 0 Å². The lowest BCUT2D eigenvalue weighted by Gasteiger charge is -2.05. The van der Waals surface area contributed by atoms with E-state index in [2.05, 4.69) is 50.3 Å². The van der Waals surface area contributed by atoms with Crippen LogP contribution in [0.4, 0.5) is 0 Å². The van der Waals surface area contributed by atoms with E-state index in [9.17, 15) is 0 Å². The summed E-state index contributed by atoms with van der Waals surface area (Å²) in [5, 5.41) is 13.8. The zero-order valence-electron chi connectivity index (χ0n) is 11.1. The molecule has 0 saturated heterocycles. The number of hydrogen-bond acceptors (Lipinski definition) is 5. The molecule has 2 rings (SSSR count). The molecule has 6 heteroatoms. The monoisotopic (exact) mass is 340 g/mol. The number of pyridine rings is 1. The Morgan fingerprint density at radius 1 is 1.32 bits per heavy atom. The average Bonchev–Trinajstić information content (AvgIpc) is 2.83. The van der Waals surface area contributed by atoms with E-state index in [4.69, 9.17) is 0 Å². The van der Waals surface area contributed by atoms with Gasteiger partial charge in [-0.2, -0.15) is 0 Å². The molecule has 19 heavy (non-hydrogen) atoms. The van der Waals surface area contributed by atoms with Crippen molar-refractivity contribution >= 4 is 27.3 Å². The number of rotatable bonds is 6. The summed E-state index contributed by atoms with van der Waals surface area (Å²) >= 11 is 5.05. The van der Waals surface area contributed by atoms with Crippen molar-refractivity contribution in [3.63, 3.8) is 0 Å². The van der Waals surface area contributed by atoms with Crippen LogP contribution in [0.1, 0.15) is 18.9 Å². The SMILES string of the molecule is CC(C)CNCCc1nnc(-c2cncc(Br)c2)s1. The fraction of sp³-hybridized carbons (Fsp3) is 0.462. The lowest BCUT2D eigenvalue weighted by atomic mass is 10.2. The summed E-state index contributed by atoms with van der Waals surface area (Å²) in [6.07, 6.45) is 4.50. The Morgan fingerprint density at radius 2 is 2.16 bits per heavy atom. The molecule has 0 aromatic carbocycles. The first-order valence-electron chi connectivity index (χ1n) is 6.29. The van der Waals surface area contributed by atoms with Gasteiger partial charge in [0, 0.05) is 35.4 Å². The zero-order chi connectivity index (χ0) is 13.7. The smallest absolute Gasteiger partial charge is 0.149 e. The van der Waals surface area contributed by atoms with Crippen LogP contribution in [0.5, 0.6) is 0 Å². The lowest BCUT2D eigenvalue weighted by molar-refractivity contribution is 0.553. The third-order valence-corrected chi connectivity index (χ3v) is 3.95. The topological polar surface area (TPSA) is 50.7 Å². The van der Waals surface area contributed by atoms with Crippen molar-refractivity contribution in [3.05, 3.63) is 27.9 Å². The molecule has 0 saturated carbocycles. The Morgan fingerprint density at radius 3 is 2.89 bits per heavy atom. The molecule has 0 unspecified atom stereocenters. The summed E-state index contributed by atoms with van der Waals surface area (Å²) in [4.78, 5) is 4.14. The number of hydrogen-bond donors (Lipinski definition) is 1. The Hall–Kier alpha value is -0.850. The van der Waals surface area contributed by atoms with Crippen LogP contribution in [0.25, 0.3) is 10.6 Å². The number of aromatic nitrogens is 3. The third kappa shape index (κ3) is 4.63. The maximum Gasteiger partial charge on any atom is 0.149 e. The minimum atomic E-state index is 0.678. The third-order valence-electron chi connectivity index (χ3n) is 2.49. The van der Waals surface area contributed by atoms with Gasteiger partial charge in [-0.05, 0) is 34.5 Å². The molecular formula is C13H17BrN4S. The van der Waals surface area contributed by atoms with Crippen LogP contribution < -0.4 is 5.32 Å². The van der Waals surface area contributed by atoms with Gasteiger partial charge in [0.25, 0.3) is 0 Å². The number of halogens is 1. The minimum Gasteiger partial charge on any atom is -0.316 e. The van der Waals surface area contributed by atoms with Gasteiger partial charge in [-0.25, -0.2) is 0 Å². The molecule has 2 aromatic heterocycles. The highest BCUT2D eigenvalue weighted by molar-refractivity contribution is 9.10.